The SMILES string of the molecule is CCC(C)OP(=O)(O)COC1CCCC1n1cnc2c(N)nc(OCCOC)nc21. The lowest BCUT2D eigenvalue weighted by atomic mass is 10.2. The van der Waals surface area contributed by atoms with Gasteiger partial charge in [0, 0.05) is 7.11 Å². The number of hydrogen-bond donors (Lipinski definition) is 2. The zero-order chi connectivity index (χ0) is 21.7. The van der Waals surface area contributed by atoms with Crippen LogP contribution in [0.5, 0.6) is 6.01 Å². The molecule has 4 unspecified atom stereocenters. The number of fused-ring (bicyclic) bond motifs is 1. The van der Waals surface area contributed by atoms with Gasteiger partial charge in [-0.1, -0.05) is 6.92 Å². The fraction of sp³-hybridized carbons (Fsp3) is 0.722. The Morgan fingerprint density at radius 2 is 2.17 bits per heavy atom. The van der Waals surface area contributed by atoms with Crippen molar-refractivity contribution in [2.45, 2.75) is 57.8 Å². The van der Waals surface area contributed by atoms with Gasteiger partial charge >= 0.3 is 13.6 Å². The highest BCUT2D eigenvalue weighted by atomic mass is 31.2. The van der Waals surface area contributed by atoms with Gasteiger partial charge < -0.3 is 33.9 Å². The van der Waals surface area contributed by atoms with Crippen LogP contribution >= 0.6 is 7.60 Å². The van der Waals surface area contributed by atoms with Crippen LogP contribution in [0.15, 0.2) is 6.33 Å². The standard InChI is InChI=1S/C18H30N5O6P/c1-4-12(2)29-30(24,25)11-28-14-7-5-6-13(14)23-10-20-15-16(19)21-18(22-17(15)23)27-9-8-26-3/h10,12-14H,4-9,11H2,1-3H3,(H,24,25)(H2,19,21,22). The number of nitrogens with zero attached hydrogens (tertiary/aromatic N) is 4. The first-order valence-electron chi connectivity index (χ1n) is 10.1. The van der Waals surface area contributed by atoms with Crippen LogP contribution in [0.3, 0.4) is 0 Å². The highest BCUT2D eigenvalue weighted by Gasteiger charge is 2.34. The number of hydrogen-bond acceptors (Lipinski definition) is 9. The number of anilines is 1. The first-order valence-corrected chi connectivity index (χ1v) is 11.8. The maximum atomic E-state index is 12.3. The molecule has 2 heterocycles. The molecule has 0 aliphatic heterocycles. The third-order valence-electron chi connectivity index (χ3n) is 5.09. The molecule has 11 nitrogen and oxygen atoms in total. The Bertz CT molecular complexity index is 893. The molecule has 0 aromatic carbocycles. The minimum atomic E-state index is -3.83. The molecule has 4 atom stereocenters. The first-order chi connectivity index (χ1) is 14.3. The molecule has 30 heavy (non-hydrogen) atoms. The minimum Gasteiger partial charge on any atom is -0.461 e. The van der Waals surface area contributed by atoms with Crippen LogP contribution in [0.2, 0.25) is 0 Å². The van der Waals surface area contributed by atoms with Gasteiger partial charge in [0.15, 0.2) is 17.0 Å². The topological polar surface area (TPSA) is 144 Å². The monoisotopic (exact) mass is 443 g/mol. The lowest BCUT2D eigenvalue weighted by Crippen LogP contribution is -2.23. The maximum absolute atomic E-state index is 12.3. The molecule has 12 heteroatoms. The van der Waals surface area contributed by atoms with Crippen LogP contribution in [0.25, 0.3) is 11.2 Å². The quantitative estimate of drug-likeness (QED) is 0.392. The van der Waals surface area contributed by atoms with Gasteiger partial charge in [0.05, 0.1) is 31.2 Å². The number of methoxy groups -OCH3 is 1. The van der Waals surface area contributed by atoms with Crippen LogP contribution in [-0.2, 0) is 18.6 Å². The molecular formula is C18H30N5O6P. The summed E-state index contributed by atoms with van der Waals surface area (Å²) in [6.07, 6.45) is 3.85. The Labute approximate surface area is 175 Å². The van der Waals surface area contributed by atoms with Crippen molar-refractivity contribution in [3.05, 3.63) is 6.33 Å². The smallest absolute Gasteiger partial charge is 0.353 e. The van der Waals surface area contributed by atoms with Gasteiger partial charge in [-0.15, -0.1) is 0 Å². The number of imidazole rings is 1. The Morgan fingerprint density at radius 3 is 2.90 bits per heavy atom. The van der Waals surface area contributed by atoms with Gasteiger partial charge in [-0.2, -0.15) is 9.97 Å². The highest BCUT2D eigenvalue weighted by Crippen LogP contribution is 2.45. The van der Waals surface area contributed by atoms with Crippen molar-refractivity contribution in [3.63, 3.8) is 0 Å². The molecule has 0 amide bonds. The molecule has 0 saturated heterocycles. The average Bonchev–Trinajstić information content (AvgIpc) is 3.33. The summed E-state index contributed by atoms with van der Waals surface area (Å²) in [6, 6.07) is 0.0517. The number of aromatic nitrogens is 4. The summed E-state index contributed by atoms with van der Waals surface area (Å²) < 4.78 is 35.7. The van der Waals surface area contributed by atoms with Gasteiger partial charge in [0.1, 0.15) is 13.0 Å². The van der Waals surface area contributed by atoms with E-state index in [9.17, 15) is 9.46 Å². The predicted molar refractivity (Wildman–Crippen MR) is 110 cm³/mol. The van der Waals surface area contributed by atoms with Crippen molar-refractivity contribution in [2.75, 3.05) is 32.4 Å². The lowest BCUT2D eigenvalue weighted by molar-refractivity contribution is 0.0448. The second kappa shape index (κ2) is 10.0. The van der Waals surface area contributed by atoms with E-state index in [1.807, 2.05) is 11.5 Å². The summed E-state index contributed by atoms with van der Waals surface area (Å²) in [5.74, 6) is 0.225. The summed E-state index contributed by atoms with van der Waals surface area (Å²) in [6.45, 7) is 4.35. The van der Waals surface area contributed by atoms with E-state index in [1.54, 1.807) is 20.4 Å². The maximum Gasteiger partial charge on any atom is 0.353 e. The molecule has 3 rings (SSSR count). The molecule has 1 aliphatic carbocycles. The van der Waals surface area contributed by atoms with Gasteiger partial charge in [-0.3, -0.25) is 4.57 Å². The molecule has 1 aliphatic rings. The van der Waals surface area contributed by atoms with Crippen molar-refractivity contribution < 1.29 is 28.2 Å². The lowest BCUT2D eigenvalue weighted by Gasteiger charge is -2.24. The molecular weight excluding hydrogens is 413 g/mol. The molecule has 3 N–H and O–H groups in total. The van der Waals surface area contributed by atoms with Crippen LogP contribution in [0, 0.1) is 0 Å². The number of ether oxygens (including phenoxy) is 3. The minimum absolute atomic E-state index is 0.0975. The zero-order valence-electron chi connectivity index (χ0n) is 17.6. The van der Waals surface area contributed by atoms with Crippen LogP contribution in [0.1, 0.15) is 45.6 Å². The van der Waals surface area contributed by atoms with Crippen molar-refractivity contribution in [2.24, 2.45) is 0 Å². The zero-order valence-corrected chi connectivity index (χ0v) is 18.5. The van der Waals surface area contributed by atoms with E-state index in [1.165, 1.54) is 0 Å². The third-order valence-corrected chi connectivity index (χ3v) is 6.26. The van der Waals surface area contributed by atoms with Gasteiger partial charge in [-0.25, -0.2) is 4.98 Å². The summed E-state index contributed by atoms with van der Waals surface area (Å²) in [5.41, 5.74) is 7.05. The Morgan fingerprint density at radius 1 is 1.37 bits per heavy atom. The summed E-state index contributed by atoms with van der Waals surface area (Å²) in [5, 5.41) is 0. The number of nitrogens with two attached hydrogens (primary N) is 1. The second-order valence-corrected chi connectivity index (χ2v) is 9.09. The van der Waals surface area contributed by atoms with Gasteiger partial charge in [-0.05, 0) is 32.6 Å². The van der Waals surface area contributed by atoms with E-state index >= 15 is 0 Å². The molecule has 0 spiro atoms. The molecule has 0 bridgehead atoms. The Hall–Kier alpha value is -1.78. The number of nitrogen functional groups attached to an aromatic ring is 1. The third kappa shape index (κ3) is 5.47. The number of rotatable bonds is 11. The van der Waals surface area contributed by atoms with Crippen LogP contribution in [-0.4, -0.2) is 63.3 Å². The van der Waals surface area contributed by atoms with E-state index < -0.39 is 7.60 Å². The summed E-state index contributed by atoms with van der Waals surface area (Å²) in [4.78, 5) is 23.0. The van der Waals surface area contributed by atoms with E-state index in [0.29, 0.717) is 30.8 Å². The second-order valence-electron chi connectivity index (χ2n) is 7.35. The molecule has 2 aromatic heterocycles. The van der Waals surface area contributed by atoms with E-state index in [-0.39, 0.29) is 36.4 Å². The van der Waals surface area contributed by atoms with Crippen LogP contribution in [0.4, 0.5) is 5.82 Å². The van der Waals surface area contributed by atoms with Crippen LogP contribution < -0.4 is 10.5 Å². The van der Waals surface area contributed by atoms with Gasteiger partial charge in [0.25, 0.3) is 0 Å². The summed E-state index contributed by atoms with van der Waals surface area (Å²) >= 11 is 0. The fourth-order valence-corrected chi connectivity index (χ4v) is 4.59. The molecule has 1 saturated carbocycles. The average molecular weight is 443 g/mol. The fourth-order valence-electron chi connectivity index (χ4n) is 3.44. The summed E-state index contributed by atoms with van der Waals surface area (Å²) in [7, 11) is -2.25. The predicted octanol–water partition coefficient (Wildman–Crippen LogP) is 2.50. The molecule has 2 aromatic rings. The molecule has 168 valence electrons. The van der Waals surface area contributed by atoms with Crippen molar-refractivity contribution in [1.29, 1.82) is 0 Å². The Balaban J connectivity index is 1.76. The van der Waals surface area contributed by atoms with Crippen molar-refractivity contribution >= 4 is 24.6 Å². The van der Waals surface area contributed by atoms with Gasteiger partial charge in [0.2, 0.25) is 0 Å². The van der Waals surface area contributed by atoms with Crippen molar-refractivity contribution in [3.8, 4) is 6.01 Å². The normalized spacial score (nSPS) is 22.3. The van der Waals surface area contributed by atoms with E-state index in [4.69, 9.17) is 24.5 Å². The first kappa shape index (κ1) is 22.9. The molecule has 0 radical (unpaired) electrons. The highest BCUT2D eigenvalue weighted by molar-refractivity contribution is 7.52. The largest absolute Gasteiger partial charge is 0.461 e. The Kier molecular flexibility index (Phi) is 7.65. The van der Waals surface area contributed by atoms with E-state index in [0.717, 1.165) is 19.3 Å². The van der Waals surface area contributed by atoms with Crippen molar-refractivity contribution in [1.82, 2.24) is 19.5 Å². The molecule has 1 fully saturated rings. The van der Waals surface area contributed by atoms with E-state index in [2.05, 4.69) is 15.0 Å².